The standard InChI is InChI=1S/C13H19NO3S/c1-8-9(2)12(17-5)10(6-11(8)16-4)7-14(3)13(15)18/h6H,7H2,1-5H3,(H,15,18). The van der Waals surface area contributed by atoms with Crippen LogP contribution in [0.2, 0.25) is 0 Å². The Bertz CT molecular complexity index is 460. The lowest BCUT2D eigenvalue weighted by Crippen LogP contribution is -2.21. The van der Waals surface area contributed by atoms with Crippen molar-refractivity contribution < 1.29 is 14.3 Å². The van der Waals surface area contributed by atoms with Crippen molar-refractivity contribution >= 4 is 17.9 Å². The zero-order valence-electron chi connectivity index (χ0n) is 11.4. The molecule has 5 heteroatoms. The van der Waals surface area contributed by atoms with Crippen LogP contribution in [0.5, 0.6) is 11.5 Å². The third kappa shape index (κ3) is 2.90. The number of methoxy groups -OCH3 is 2. The van der Waals surface area contributed by atoms with Gasteiger partial charge in [-0.25, -0.2) is 0 Å². The molecule has 0 bridgehead atoms. The molecule has 4 nitrogen and oxygen atoms in total. The van der Waals surface area contributed by atoms with Gasteiger partial charge in [0.25, 0.3) is 5.24 Å². The summed E-state index contributed by atoms with van der Waals surface area (Å²) in [4.78, 5) is 12.7. The molecule has 0 N–H and O–H groups in total. The maximum Gasteiger partial charge on any atom is 0.278 e. The van der Waals surface area contributed by atoms with E-state index in [2.05, 4.69) is 12.6 Å². The lowest BCUT2D eigenvalue weighted by molar-refractivity contribution is 0.231. The molecule has 100 valence electrons. The number of benzene rings is 1. The molecule has 0 aliphatic carbocycles. The number of carbonyl (C=O) groups is 1. The van der Waals surface area contributed by atoms with E-state index in [1.807, 2.05) is 19.9 Å². The Labute approximate surface area is 113 Å². The van der Waals surface area contributed by atoms with Crippen LogP contribution in [0, 0.1) is 13.8 Å². The molecule has 0 spiro atoms. The fourth-order valence-electron chi connectivity index (χ4n) is 1.86. The molecule has 1 amide bonds. The van der Waals surface area contributed by atoms with Crippen LogP contribution in [0.15, 0.2) is 6.07 Å². The van der Waals surface area contributed by atoms with Gasteiger partial charge in [-0.1, -0.05) is 12.6 Å². The maximum atomic E-state index is 11.2. The van der Waals surface area contributed by atoms with E-state index in [1.54, 1.807) is 21.3 Å². The molecule has 0 aromatic heterocycles. The summed E-state index contributed by atoms with van der Waals surface area (Å²) in [5, 5.41) is -0.283. The Morgan fingerprint density at radius 3 is 2.33 bits per heavy atom. The monoisotopic (exact) mass is 269 g/mol. The van der Waals surface area contributed by atoms with Gasteiger partial charge in [-0.2, -0.15) is 0 Å². The normalized spacial score (nSPS) is 10.1. The minimum Gasteiger partial charge on any atom is -0.496 e. The molecule has 0 saturated carbocycles. The van der Waals surface area contributed by atoms with Gasteiger partial charge in [-0.15, -0.1) is 0 Å². The number of ether oxygens (including phenoxy) is 2. The summed E-state index contributed by atoms with van der Waals surface area (Å²) in [5.74, 6) is 1.58. The van der Waals surface area contributed by atoms with Crippen LogP contribution in [0.1, 0.15) is 16.7 Å². The number of nitrogens with zero attached hydrogens (tertiary/aromatic N) is 1. The van der Waals surface area contributed by atoms with E-state index < -0.39 is 0 Å². The fraction of sp³-hybridized carbons (Fsp3) is 0.462. The summed E-state index contributed by atoms with van der Waals surface area (Å²) in [6.07, 6.45) is 0. The van der Waals surface area contributed by atoms with Crippen LogP contribution in [-0.2, 0) is 6.54 Å². The molecule has 0 unspecified atom stereocenters. The number of thiol groups is 1. The van der Waals surface area contributed by atoms with Crippen molar-refractivity contribution in [2.24, 2.45) is 0 Å². The molecule has 0 radical (unpaired) electrons. The van der Waals surface area contributed by atoms with Gasteiger partial charge in [-0.3, -0.25) is 4.79 Å². The highest BCUT2D eigenvalue weighted by atomic mass is 32.1. The van der Waals surface area contributed by atoms with Crippen LogP contribution >= 0.6 is 12.6 Å². The molecule has 0 aliphatic rings. The lowest BCUT2D eigenvalue weighted by atomic mass is 10.0. The Hall–Kier alpha value is -1.36. The van der Waals surface area contributed by atoms with E-state index in [9.17, 15) is 4.79 Å². The van der Waals surface area contributed by atoms with Crippen molar-refractivity contribution in [3.63, 3.8) is 0 Å². The Kier molecular flexibility index (Phi) is 4.90. The molecule has 0 heterocycles. The second-order valence-corrected chi connectivity index (χ2v) is 4.54. The number of amides is 1. The molecule has 0 aliphatic heterocycles. The van der Waals surface area contributed by atoms with E-state index in [0.717, 1.165) is 28.2 Å². The third-order valence-corrected chi connectivity index (χ3v) is 3.37. The highest BCUT2D eigenvalue weighted by Crippen LogP contribution is 2.33. The van der Waals surface area contributed by atoms with Gasteiger partial charge in [0, 0.05) is 19.2 Å². The van der Waals surface area contributed by atoms with Gasteiger partial charge < -0.3 is 14.4 Å². The summed E-state index contributed by atoms with van der Waals surface area (Å²) < 4.78 is 10.7. The third-order valence-electron chi connectivity index (χ3n) is 3.03. The lowest BCUT2D eigenvalue weighted by Gasteiger charge is -2.20. The van der Waals surface area contributed by atoms with Crippen molar-refractivity contribution in [3.8, 4) is 11.5 Å². The Morgan fingerprint density at radius 2 is 1.89 bits per heavy atom. The predicted molar refractivity (Wildman–Crippen MR) is 74.9 cm³/mol. The number of hydrogen-bond acceptors (Lipinski definition) is 3. The Morgan fingerprint density at radius 1 is 1.28 bits per heavy atom. The molecule has 0 fully saturated rings. The van der Waals surface area contributed by atoms with E-state index in [-0.39, 0.29) is 5.24 Å². The number of hydrogen-bond donors (Lipinski definition) is 1. The summed E-state index contributed by atoms with van der Waals surface area (Å²) in [6.45, 7) is 4.39. The quantitative estimate of drug-likeness (QED) is 0.854. The smallest absolute Gasteiger partial charge is 0.278 e. The highest BCUT2D eigenvalue weighted by Gasteiger charge is 2.16. The molecule has 18 heavy (non-hydrogen) atoms. The molecular weight excluding hydrogens is 250 g/mol. The largest absolute Gasteiger partial charge is 0.496 e. The summed E-state index contributed by atoms with van der Waals surface area (Å²) >= 11 is 3.80. The van der Waals surface area contributed by atoms with E-state index in [0.29, 0.717) is 6.54 Å². The van der Waals surface area contributed by atoms with Gasteiger partial charge in [0.2, 0.25) is 0 Å². The first-order valence-electron chi connectivity index (χ1n) is 5.57. The van der Waals surface area contributed by atoms with Gasteiger partial charge in [0.05, 0.1) is 14.2 Å². The van der Waals surface area contributed by atoms with Gasteiger partial charge >= 0.3 is 0 Å². The average molecular weight is 269 g/mol. The molecule has 0 saturated heterocycles. The molecule has 1 aromatic rings. The van der Waals surface area contributed by atoms with E-state index in [1.165, 1.54) is 4.90 Å². The second kappa shape index (κ2) is 6.00. The zero-order chi connectivity index (χ0) is 13.9. The minimum absolute atomic E-state index is 0.283. The van der Waals surface area contributed by atoms with E-state index >= 15 is 0 Å². The predicted octanol–water partition coefficient (Wildman–Crippen LogP) is 2.80. The number of rotatable bonds is 4. The van der Waals surface area contributed by atoms with Crippen molar-refractivity contribution in [1.82, 2.24) is 4.90 Å². The van der Waals surface area contributed by atoms with Gasteiger partial charge in [-0.05, 0) is 31.0 Å². The van der Waals surface area contributed by atoms with Gasteiger partial charge in [0.1, 0.15) is 11.5 Å². The van der Waals surface area contributed by atoms with Crippen molar-refractivity contribution in [2.45, 2.75) is 20.4 Å². The molecule has 1 aromatic carbocycles. The molecule has 0 atom stereocenters. The van der Waals surface area contributed by atoms with Crippen molar-refractivity contribution in [2.75, 3.05) is 21.3 Å². The van der Waals surface area contributed by atoms with Crippen molar-refractivity contribution in [3.05, 3.63) is 22.8 Å². The maximum absolute atomic E-state index is 11.2. The Balaban J connectivity index is 3.25. The first-order valence-corrected chi connectivity index (χ1v) is 6.02. The minimum atomic E-state index is -0.283. The topological polar surface area (TPSA) is 38.8 Å². The summed E-state index contributed by atoms with van der Waals surface area (Å²) in [7, 11) is 4.95. The SMILES string of the molecule is COc1cc(CN(C)C(=O)S)c(OC)c(C)c1C. The zero-order valence-corrected chi connectivity index (χ0v) is 12.3. The average Bonchev–Trinajstić information content (AvgIpc) is 2.33. The molecular formula is C13H19NO3S. The van der Waals surface area contributed by atoms with E-state index in [4.69, 9.17) is 9.47 Å². The summed E-state index contributed by atoms with van der Waals surface area (Å²) in [6, 6.07) is 1.90. The van der Waals surface area contributed by atoms with Crippen LogP contribution in [0.25, 0.3) is 0 Å². The number of carbonyl (C=O) groups excluding carboxylic acids is 1. The van der Waals surface area contributed by atoms with Crippen molar-refractivity contribution in [1.29, 1.82) is 0 Å². The van der Waals surface area contributed by atoms with Crippen LogP contribution in [0.4, 0.5) is 4.79 Å². The van der Waals surface area contributed by atoms with Crippen LogP contribution < -0.4 is 9.47 Å². The second-order valence-electron chi connectivity index (χ2n) is 4.16. The highest BCUT2D eigenvalue weighted by molar-refractivity contribution is 7.96. The summed E-state index contributed by atoms with van der Waals surface area (Å²) in [5.41, 5.74) is 2.96. The van der Waals surface area contributed by atoms with Gasteiger partial charge in [0.15, 0.2) is 0 Å². The van der Waals surface area contributed by atoms with Crippen LogP contribution in [-0.4, -0.2) is 31.4 Å². The fourth-order valence-corrected chi connectivity index (χ4v) is 1.94. The molecule has 1 rings (SSSR count). The first-order chi connectivity index (χ1) is 8.42. The van der Waals surface area contributed by atoms with Crippen LogP contribution in [0.3, 0.4) is 0 Å². The first kappa shape index (κ1) is 14.7.